The van der Waals surface area contributed by atoms with E-state index in [1.807, 2.05) is 55.3 Å². The summed E-state index contributed by atoms with van der Waals surface area (Å²) < 4.78 is 0. The number of rotatable bonds is 6. The number of nitriles is 1. The maximum atomic E-state index is 12.0. The number of carboxylic acids is 1. The highest BCUT2D eigenvalue weighted by Crippen LogP contribution is 2.27. The zero-order chi connectivity index (χ0) is 20.1. The summed E-state index contributed by atoms with van der Waals surface area (Å²) in [4.78, 5) is 20.5. The quantitative estimate of drug-likeness (QED) is 0.833. The summed E-state index contributed by atoms with van der Waals surface area (Å²) in [6.45, 7) is 7.58. The Morgan fingerprint density at radius 2 is 1.89 bits per heavy atom. The molecule has 3 rings (SSSR count). The number of hydrogen-bond donors (Lipinski definition) is 1. The molecule has 1 aliphatic heterocycles. The van der Waals surface area contributed by atoms with Crippen molar-refractivity contribution < 1.29 is 9.90 Å². The Bertz CT molecular complexity index is 835. The van der Waals surface area contributed by atoms with Crippen molar-refractivity contribution in [2.45, 2.75) is 31.8 Å². The summed E-state index contributed by atoms with van der Waals surface area (Å²) in [6, 6.07) is 13.0. The highest BCUT2D eigenvalue weighted by molar-refractivity contribution is 5.75. The average molecular weight is 378 g/mol. The van der Waals surface area contributed by atoms with Gasteiger partial charge in [-0.2, -0.15) is 5.26 Å². The van der Waals surface area contributed by atoms with Crippen LogP contribution in [0, 0.1) is 11.3 Å². The van der Waals surface area contributed by atoms with Crippen LogP contribution in [0.25, 0.3) is 0 Å². The van der Waals surface area contributed by atoms with Crippen LogP contribution in [-0.2, 0) is 16.8 Å². The Balaban J connectivity index is 1.67. The van der Waals surface area contributed by atoms with Crippen LogP contribution in [0.4, 0.5) is 0 Å². The van der Waals surface area contributed by atoms with E-state index in [4.69, 9.17) is 0 Å². The fraction of sp³-hybridized carbons (Fsp3) is 0.409. The van der Waals surface area contributed by atoms with Crippen LogP contribution in [0.3, 0.4) is 0 Å². The van der Waals surface area contributed by atoms with E-state index in [0.29, 0.717) is 13.1 Å². The van der Waals surface area contributed by atoms with E-state index >= 15 is 0 Å². The van der Waals surface area contributed by atoms with Gasteiger partial charge in [-0.3, -0.25) is 19.6 Å². The van der Waals surface area contributed by atoms with Crippen molar-refractivity contribution in [3.05, 3.63) is 65.5 Å². The maximum absolute atomic E-state index is 12.0. The summed E-state index contributed by atoms with van der Waals surface area (Å²) in [5.74, 6) is -0.840. The van der Waals surface area contributed by atoms with Crippen LogP contribution in [0.2, 0.25) is 0 Å². The van der Waals surface area contributed by atoms with Gasteiger partial charge in [-0.1, -0.05) is 30.3 Å². The Morgan fingerprint density at radius 1 is 1.21 bits per heavy atom. The molecule has 1 aromatic heterocycles. The van der Waals surface area contributed by atoms with Gasteiger partial charge < -0.3 is 5.11 Å². The Labute approximate surface area is 166 Å². The Hall–Kier alpha value is -2.75. The second-order valence-electron chi connectivity index (χ2n) is 7.77. The Kier molecular flexibility index (Phi) is 6.08. The van der Waals surface area contributed by atoms with Crippen molar-refractivity contribution in [1.29, 1.82) is 5.26 Å². The van der Waals surface area contributed by atoms with Crippen molar-refractivity contribution in [3.63, 3.8) is 0 Å². The molecule has 146 valence electrons. The van der Waals surface area contributed by atoms with Crippen LogP contribution in [0.15, 0.2) is 48.8 Å². The lowest BCUT2D eigenvalue weighted by Crippen LogP contribution is -2.48. The van der Waals surface area contributed by atoms with Gasteiger partial charge in [0.2, 0.25) is 0 Å². The molecule has 0 amide bonds. The molecular weight excluding hydrogens is 352 g/mol. The number of benzene rings is 1. The minimum atomic E-state index is -0.840. The molecule has 0 aliphatic carbocycles. The van der Waals surface area contributed by atoms with Gasteiger partial charge in [0, 0.05) is 45.1 Å². The number of carboxylic acid groups (broad SMARTS) is 1. The lowest BCUT2D eigenvalue weighted by Gasteiger charge is -2.38. The molecule has 0 saturated carbocycles. The van der Waals surface area contributed by atoms with E-state index in [-0.39, 0.29) is 0 Å². The van der Waals surface area contributed by atoms with Crippen LogP contribution in [0.1, 0.15) is 36.6 Å². The molecule has 2 heterocycles. The number of nitrogens with zero attached hydrogens (tertiary/aromatic N) is 4. The van der Waals surface area contributed by atoms with Gasteiger partial charge in [0.15, 0.2) is 0 Å². The molecule has 0 bridgehead atoms. The molecule has 1 unspecified atom stereocenters. The second-order valence-corrected chi connectivity index (χ2v) is 7.77. The number of hydrogen-bond acceptors (Lipinski definition) is 5. The maximum Gasteiger partial charge on any atom is 0.325 e. The van der Waals surface area contributed by atoms with Crippen molar-refractivity contribution in [3.8, 4) is 6.07 Å². The van der Waals surface area contributed by atoms with Crippen molar-refractivity contribution in [2.24, 2.45) is 0 Å². The first-order valence-corrected chi connectivity index (χ1v) is 9.50. The molecule has 6 heteroatoms. The van der Waals surface area contributed by atoms with E-state index in [2.05, 4.69) is 22.0 Å². The highest BCUT2D eigenvalue weighted by atomic mass is 16.4. The first-order chi connectivity index (χ1) is 13.4. The third-order valence-electron chi connectivity index (χ3n) is 5.36. The van der Waals surface area contributed by atoms with E-state index < -0.39 is 17.4 Å². The summed E-state index contributed by atoms with van der Waals surface area (Å²) in [7, 11) is 0. The summed E-state index contributed by atoms with van der Waals surface area (Å²) in [5.41, 5.74) is 2.23. The van der Waals surface area contributed by atoms with Gasteiger partial charge in [-0.15, -0.1) is 0 Å². The van der Waals surface area contributed by atoms with E-state index in [0.717, 1.165) is 30.8 Å². The Morgan fingerprint density at radius 3 is 2.43 bits per heavy atom. The van der Waals surface area contributed by atoms with E-state index in [1.54, 1.807) is 6.20 Å². The largest absolute Gasteiger partial charge is 0.480 e. The summed E-state index contributed by atoms with van der Waals surface area (Å²) in [5, 5.41) is 19.1. The third-order valence-corrected chi connectivity index (χ3v) is 5.36. The highest BCUT2D eigenvalue weighted by Gasteiger charge is 2.31. The predicted octanol–water partition coefficient (Wildman–Crippen LogP) is 2.83. The zero-order valence-corrected chi connectivity index (χ0v) is 16.4. The molecular formula is C22H26N4O2. The van der Waals surface area contributed by atoms with Crippen molar-refractivity contribution in [1.82, 2.24) is 14.8 Å². The second kappa shape index (κ2) is 8.51. The van der Waals surface area contributed by atoms with Gasteiger partial charge in [-0.25, -0.2) is 0 Å². The van der Waals surface area contributed by atoms with E-state index in [1.165, 1.54) is 5.56 Å². The molecule has 1 N–H and O–H groups in total. The summed E-state index contributed by atoms with van der Waals surface area (Å²) >= 11 is 0. The van der Waals surface area contributed by atoms with Crippen LogP contribution >= 0.6 is 0 Å². The van der Waals surface area contributed by atoms with Crippen molar-refractivity contribution >= 4 is 5.97 Å². The van der Waals surface area contributed by atoms with E-state index in [9.17, 15) is 15.2 Å². The topological polar surface area (TPSA) is 80.5 Å². The predicted molar refractivity (Wildman–Crippen MR) is 107 cm³/mol. The first kappa shape index (κ1) is 20.0. The molecule has 1 aromatic carbocycles. The fourth-order valence-corrected chi connectivity index (χ4v) is 3.59. The molecule has 0 radical (unpaired) electrons. The number of pyridine rings is 1. The molecule has 28 heavy (non-hydrogen) atoms. The number of carbonyl (C=O) groups is 1. The lowest BCUT2D eigenvalue weighted by molar-refractivity contribution is -0.144. The standard InChI is InChI=1S/C22H26N4O2/c1-22(2,16-23)19-7-5-18(6-8-19)20(21(27)28)26-12-10-25(11-13-26)15-17-4-3-9-24-14-17/h3-9,14,20H,10-13,15H2,1-2H3,(H,27,28). The molecule has 6 nitrogen and oxygen atoms in total. The van der Waals surface area contributed by atoms with Gasteiger partial charge in [0.05, 0.1) is 11.5 Å². The monoisotopic (exact) mass is 378 g/mol. The molecule has 0 spiro atoms. The minimum Gasteiger partial charge on any atom is -0.480 e. The third kappa shape index (κ3) is 4.56. The molecule has 2 aromatic rings. The van der Waals surface area contributed by atoms with Gasteiger partial charge in [0.1, 0.15) is 6.04 Å². The minimum absolute atomic E-state index is 0.588. The number of piperazine rings is 1. The van der Waals surface area contributed by atoms with Crippen LogP contribution in [0.5, 0.6) is 0 Å². The zero-order valence-electron chi connectivity index (χ0n) is 16.4. The molecule has 1 saturated heterocycles. The van der Waals surface area contributed by atoms with Gasteiger partial charge in [0.25, 0.3) is 0 Å². The molecule has 1 atom stereocenters. The fourth-order valence-electron chi connectivity index (χ4n) is 3.59. The smallest absolute Gasteiger partial charge is 0.325 e. The van der Waals surface area contributed by atoms with Crippen molar-refractivity contribution in [2.75, 3.05) is 26.2 Å². The van der Waals surface area contributed by atoms with Crippen LogP contribution < -0.4 is 0 Å². The SMILES string of the molecule is CC(C)(C#N)c1ccc(C(C(=O)O)N2CCN(Cc3cccnc3)CC2)cc1. The number of aliphatic carboxylic acids is 1. The molecule has 1 aliphatic rings. The normalized spacial score (nSPS) is 17.0. The molecule has 1 fully saturated rings. The van der Waals surface area contributed by atoms with Gasteiger partial charge in [-0.05, 0) is 36.6 Å². The first-order valence-electron chi connectivity index (χ1n) is 9.50. The number of aromatic nitrogens is 1. The lowest BCUT2D eigenvalue weighted by atomic mass is 9.85. The summed E-state index contributed by atoms with van der Waals surface area (Å²) in [6.07, 6.45) is 3.64. The van der Waals surface area contributed by atoms with Crippen LogP contribution in [-0.4, -0.2) is 52.0 Å². The van der Waals surface area contributed by atoms with Gasteiger partial charge >= 0.3 is 5.97 Å². The average Bonchev–Trinajstić information content (AvgIpc) is 2.70.